The summed E-state index contributed by atoms with van der Waals surface area (Å²) in [4.78, 5) is 69.3. The monoisotopic (exact) mass is 1160 g/mol. The van der Waals surface area contributed by atoms with Gasteiger partial charge in [-0.3, -0.25) is 19.3 Å². The highest BCUT2D eigenvalue weighted by Crippen LogP contribution is 2.41. The summed E-state index contributed by atoms with van der Waals surface area (Å²) in [6.45, 7) is 26.9. The minimum Gasteiger partial charge on any atom is -0.461 e. The normalized spacial score (nSPS) is 42.0. The van der Waals surface area contributed by atoms with Crippen LogP contribution >= 0.6 is 0 Å². The molecule has 0 unspecified atom stereocenters. The van der Waals surface area contributed by atoms with Crippen molar-refractivity contribution in [2.45, 2.75) is 252 Å². The van der Waals surface area contributed by atoms with Crippen molar-refractivity contribution >= 4 is 29.5 Å². The van der Waals surface area contributed by atoms with Crippen LogP contribution in [0.2, 0.25) is 0 Å². The van der Waals surface area contributed by atoms with Crippen LogP contribution in [-0.2, 0) is 76.1 Å². The number of esters is 2. The van der Waals surface area contributed by atoms with Gasteiger partial charge in [0.25, 0.3) is 0 Å². The zero-order valence-electron chi connectivity index (χ0n) is 51.5. The molecule has 1 amide bonds. The van der Waals surface area contributed by atoms with Crippen molar-refractivity contribution in [2.75, 3.05) is 54.2 Å². The second-order valence-electron chi connectivity index (χ2n) is 25.1. The van der Waals surface area contributed by atoms with Crippen molar-refractivity contribution in [2.24, 2.45) is 46.6 Å². The highest BCUT2D eigenvalue weighted by atomic mass is 16.7. The second-order valence-corrected chi connectivity index (χ2v) is 25.1. The van der Waals surface area contributed by atoms with Crippen molar-refractivity contribution in [3.63, 3.8) is 0 Å². The number of aliphatic hydroxyl groups is 2. The van der Waals surface area contributed by atoms with Crippen molar-refractivity contribution in [3.05, 3.63) is 0 Å². The van der Waals surface area contributed by atoms with Crippen LogP contribution in [0.1, 0.15) is 142 Å². The van der Waals surface area contributed by atoms with Crippen molar-refractivity contribution in [1.29, 1.82) is 0 Å². The van der Waals surface area contributed by atoms with Gasteiger partial charge in [-0.15, -0.1) is 0 Å². The lowest BCUT2D eigenvalue weighted by molar-refractivity contribution is -0.305. The number of ketones is 1. The average Bonchev–Trinajstić information content (AvgIpc) is 3.61. The van der Waals surface area contributed by atoms with E-state index in [9.17, 15) is 19.8 Å². The van der Waals surface area contributed by atoms with E-state index < -0.39 is 145 Å². The van der Waals surface area contributed by atoms with E-state index in [4.69, 9.17) is 61.7 Å². The molecule has 1 saturated carbocycles. The van der Waals surface area contributed by atoms with Gasteiger partial charge in [0.15, 0.2) is 30.3 Å². The van der Waals surface area contributed by atoms with Crippen LogP contribution in [0, 0.1) is 41.4 Å². The number of rotatable bonds is 16. The van der Waals surface area contributed by atoms with Gasteiger partial charge in [0, 0.05) is 76.4 Å². The van der Waals surface area contributed by atoms with E-state index >= 15 is 9.59 Å². The molecule has 23 atom stereocenters. The minimum atomic E-state index is -1.93. The van der Waals surface area contributed by atoms with Gasteiger partial charge >= 0.3 is 18.0 Å². The van der Waals surface area contributed by atoms with Gasteiger partial charge < -0.3 is 76.8 Å². The molecule has 6 rings (SSSR count). The molecule has 81 heavy (non-hydrogen) atoms. The fourth-order valence-corrected chi connectivity index (χ4v) is 13.1. The Morgan fingerprint density at radius 2 is 1.48 bits per heavy atom. The summed E-state index contributed by atoms with van der Waals surface area (Å²) in [6, 6.07) is 0.496. The second kappa shape index (κ2) is 29.8. The molecule has 22 nitrogen and oxygen atoms in total. The first-order valence-corrected chi connectivity index (χ1v) is 29.9. The molecule has 466 valence electrons. The summed E-state index contributed by atoms with van der Waals surface area (Å²) in [5, 5.41) is 27.0. The van der Waals surface area contributed by atoms with Gasteiger partial charge in [0.1, 0.15) is 43.7 Å². The third kappa shape index (κ3) is 16.7. The van der Waals surface area contributed by atoms with Crippen molar-refractivity contribution < 1.29 is 91.1 Å². The van der Waals surface area contributed by atoms with Crippen LogP contribution in [0.25, 0.3) is 0 Å². The Balaban J connectivity index is 1.51. The first-order chi connectivity index (χ1) is 38.2. The molecule has 5 aliphatic heterocycles. The molecule has 2 N–H and O–H groups in total. The van der Waals surface area contributed by atoms with E-state index in [2.05, 4.69) is 17.0 Å². The van der Waals surface area contributed by atoms with E-state index in [-0.39, 0.29) is 69.7 Å². The lowest BCUT2D eigenvalue weighted by atomic mass is 9.74. The van der Waals surface area contributed by atoms with Gasteiger partial charge in [0.05, 0.1) is 73.9 Å². The summed E-state index contributed by atoms with van der Waals surface area (Å²) < 4.78 is 77.0. The predicted molar refractivity (Wildman–Crippen MR) is 295 cm³/mol. The molecule has 5 heterocycles. The Morgan fingerprint density at radius 1 is 0.790 bits per heavy atom. The van der Waals surface area contributed by atoms with Gasteiger partial charge in [-0.2, -0.15) is 0 Å². The highest BCUT2D eigenvalue weighted by Gasteiger charge is 2.53. The molecular weight excluding hydrogens is 1050 g/mol. The van der Waals surface area contributed by atoms with Crippen LogP contribution in [0.15, 0.2) is 5.16 Å². The molecule has 0 aromatic heterocycles. The number of hydrogen-bond donors (Lipinski definition) is 2. The van der Waals surface area contributed by atoms with E-state index in [0.29, 0.717) is 24.7 Å². The lowest BCUT2D eigenvalue weighted by Gasteiger charge is -2.45. The minimum absolute atomic E-state index is 0.0181. The maximum absolute atomic E-state index is 16.0. The number of cyclic esters (lactones) is 1. The topological polar surface area (TPSA) is 248 Å². The Bertz CT molecular complexity index is 2070. The zero-order valence-corrected chi connectivity index (χ0v) is 51.5. The van der Waals surface area contributed by atoms with E-state index in [1.807, 2.05) is 55.4 Å². The summed E-state index contributed by atoms with van der Waals surface area (Å²) >= 11 is 0. The molecule has 0 radical (unpaired) electrons. The first kappa shape index (κ1) is 67.0. The number of morpholine rings is 1. The quantitative estimate of drug-likeness (QED) is 0.101. The predicted octanol–water partition coefficient (Wildman–Crippen LogP) is 6.06. The summed E-state index contributed by atoms with van der Waals surface area (Å²) in [7, 11) is 4.32. The number of nitrogens with zero attached hydrogens (tertiary/aromatic N) is 3. The van der Waals surface area contributed by atoms with E-state index in [1.54, 1.807) is 34.6 Å². The maximum atomic E-state index is 16.0. The maximum Gasteiger partial charge on any atom is 0.410 e. The number of ether oxygens (including phenoxy) is 12. The molecule has 6 aliphatic rings. The number of oxime groups is 1. The number of Topliss-reactive ketones (excluding diaryl/α,β-unsaturated/α-hetero) is 1. The highest BCUT2D eigenvalue weighted by molar-refractivity contribution is 5.92. The molecule has 22 heteroatoms. The molecule has 0 aromatic carbocycles. The van der Waals surface area contributed by atoms with Gasteiger partial charge in [-0.25, -0.2) is 4.79 Å². The van der Waals surface area contributed by atoms with Crippen LogP contribution in [0.3, 0.4) is 0 Å². The molecule has 0 bridgehead atoms. The fraction of sp³-hybridized carbons (Fsp3) is 0.915. The molecule has 1 aliphatic carbocycles. The fourth-order valence-electron chi connectivity index (χ4n) is 13.1. The standard InChI is InChI=1S/C59H101N3O19/c1-30(2)23-44(63)77-50-38(10)49(32(4)29-73-57-53(70-16)52(69-15)46(64)41(13)76-57)79-55(67)40(12)51(78-45-24-33(5)62(28-36(8)74-45)42-19-18-20-42)37(9)48(80-56-47(65)43(60-71-17)25-34(6)75-56)31(3)26-59(14,54(66)39(50)11)81-58(68)61-21-22-72-35(7)27-61/h30-42,45-53,56-57,64-65H,18-29H2,1-17H3/b60-43+/t31-,32-,33-,34+,35-,36-,37+,38-,39+,40+,41+,45-,46+,47+,48-,49+,50+,51-,52+,53+,56-,57+,59-/m0/s1. The molecule has 5 saturated heterocycles. The summed E-state index contributed by atoms with van der Waals surface area (Å²) in [5.74, 6) is -7.23. The van der Waals surface area contributed by atoms with E-state index in [1.165, 1.54) is 32.7 Å². The summed E-state index contributed by atoms with van der Waals surface area (Å²) in [5.41, 5.74) is -1.63. The number of methoxy groups -OCH3 is 2. The lowest BCUT2D eigenvalue weighted by Crippen LogP contribution is -2.59. The third-order valence-electron chi connectivity index (χ3n) is 17.7. The average molecular weight is 1160 g/mol. The smallest absolute Gasteiger partial charge is 0.410 e. The van der Waals surface area contributed by atoms with Gasteiger partial charge in [-0.05, 0) is 79.6 Å². The van der Waals surface area contributed by atoms with Gasteiger partial charge in [0.2, 0.25) is 0 Å². The Morgan fingerprint density at radius 3 is 2.10 bits per heavy atom. The van der Waals surface area contributed by atoms with Crippen LogP contribution < -0.4 is 0 Å². The molecule has 0 spiro atoms. The third-order valence-corrected chi connectivity index (χ3v) is 17.7. The molecule has 6 fully saturated rings. The van der Waals surface area contributed by atoms with Gasteiger partial charge in [-0.1, -0.05) is 60.0 Å². The Labute approximate surface area is 481 Å². The first-order valence-electron chi connectivity index (χ1n) is 29.9. The zero-order chi connectivity index (χ0) is 59.8. The van der Waals surface area contributed by atoms with Crippen LogP contribution in [0.5, 0.6) is 0 Å². The number of carbonyl (C=O) groups is 4. The van der Waals surface area contributed by atoms with Crippen molar-refractivity contribution in [3.8, 4) is 0 Å². The van der Waals surface area contributed by atoms with Crippen LogP contribution in [0.4, 0.5) is 4.79 Å². The Hall–Kier alpha value is -3.13. The SMILES string of the molecule is CO/N=C1\C[C@@H](C)O[C@@H](O[C@@H]2[C@@H](C)[C@H](O[C@H]3C[C@H](C)N(C4CCC4)C[C@H](C)O3)[C@@H](C)C(=O)O[C@H]([C@@H](C)CO[C@@H]3O[C@H](C)[C@@H](O)[C@@H](OC)[C@H]3OC)[C@H](C)[C@@H](OC(=O)CC(C)C)[C@@H](C)C(=O)[C@@](C)(OC(=O)N3CCO[C@@H](C)C3)C[C@@H]2C)[C@@H]1O. The largest absolute Gasteiger partial charge is 0.461 e. The number of hydrogen-bond acceptors (Lipinski definition) is 21. The summed E-state index contributed by atoms with van der Waals surface area (Å²) in [6.07, 6.45) is -10.0. The Kier molecular flexibility index (Phi) is 24.6. The number of carbonyl (C=O) groups excluding carboxylic acids is 4. The molecule has 0 aromatic rings. The number of amides is 1. The van der Waals surface area contributed by atoms with E-state index in [0.717, 1.165) is 12.8 Å². The number of aliphatic hydroxyl groups excluding tert-OH is 2. The molecular formula is C59H101N3O19. The van der Waals surface area contributed by atoms with Crippen LogP contribution in [-0.4, -0.2) is 214 Å². The van der Waals surface area contributed by atoms with Crippen molar-refractivity contribution in [1.82, 2.24) is 9.80 Å².